The van der Waals surface area contributed by atoms with Crippen LogP contribution < -0.4 is 5.32 Å². The molecule has 0 aromatic heterocycles. The van der Waals surface area contributed by atoms with Crippen molar-refractivity contribution in [1.82, 2.24) is 10.2 Å². The number of carbonyl (C=O) groups excluding carboxylic acids is 1. The minimum absolute atomic E-state index is 0. The smallest absolute Gasteiger partial charge is 0.239 e. The van der Waals surface area contributed by atoms with Gasteiger partial charge < -0.3 is 15.3 Å². The zero-order chi connectivity index (χ0) is 12.5. The van der Waals surface area contributed by atoms with Crippen LogP contribution in [0.25, 0.3) is 0 Å². The summed E-state index contributed by atoms with van der Waals surface area (Å²) < 4.78 is 0. The Kier molecular flexibility index (Phi) is 5.44. The van der Waals surface area contributed by atoms with Gasteiger partial charge in [-0.2, -0.15) is 0 Å². The van der Waals surface area contributed by atoms with Gasteiger partial charge in [-0.05, 0) is 31.1 Å². The molecule has 0 aromatic carbocycles. The van der Waals surface area contributed by atoms with Gasteiger partial charge >= 0.3 is 0 Å². The van der Waals surface area contributed by atoms with E-state index < -0.39 is 0 Å². The lowest BCUT2D eigenvalue weighted by Gasteiger charge is -2.41. The van der Waals surface area contributed by atoms with E-state index in [0.29, 0.717) is 13.0 Å². The molecule has 2 aliphatic rings. The first kappa shape index (κ1) is 15.7. The third-order valence-electron chi connectivity index (χ3n) is 4.35. The number of hydrogen-bond acceptors (Lipinski definition) is 3. The summed E-state index contributed by atoms with van der Waals surface area (Å²) in [4.78, 5) is 14.3. The maximum absolute atomic E-state index is 12.3. The van der Waals surface area contributed by atoms with Crippen LogP contribution in [-0.4, -0.2) is 47.7 Å². The number of likely N-dealkylation sites (tertiary alicyclic amines) is 1. The van der Waals surface area contributed by atoms with Crippen LogP contribution in [0.2, 0.25) is 0 Å². The summed E-state index contributed by atoms with van der Waals surface area (Å²) in [6.45, 7) is 6.77. The van der Waals surface area contributed by atoms with Crippen molar-refractivity contribution in [2.45, 2.75) is 51.7 Å². The van der Waals surface area contributed by atoms with Gasteiger partial charge in [0.05, 0.1) is 12.1 Å². The molecule has 18 heavy (non-hydrogen) atoms. The van der Waals surface area contributed by atoms with Gasteiger partial charge in [-0.1, -0.05) is 13.8 Å². The number of aliphatic hydroxyl groups is 1. The second-order valence-electron chi connectivity index (χ2n) is 5.88. The summed E-state index contributed by atoms with van der Waals surface area (Å²) in [6, 6.07) is -0.163. The number of carbonyl (C=O) groups is 1. The van der Waals surface area contributed by atoms with E-state index in [1.165, 1.54) is 6.42 Å². The fourth-order valence-corrected chi connectivity index (χ4v) is 2.92. The lowest BCUT2D eigenvalue weighted by atomic mass is 9.79. The van der Waals surface area contributed by atoms with E-state index in [0.717, 1.165) is 25.9 Å². The average Bonchev–Trinajstić information content (AvgIpc) is 2.75. The van der Waals surface area contributed by atoms with E-state index in [1.807, 2.05) is 4.90 Å². The normalized spacial score (nSPS) is 36.3. The molecule has 3 atom stereocenters. The van der Waals surface area contributed by atoms with Crippen LogP contribution >= 0.6 is 12.4 Å². The van der Waals surface area contributed by atoms with Crippen molar-refractivity contribution < 1.29 is 9.90 Å². The predicted molar refractivity (Wildman–Crippen MR) is 73.9 cm³/mol. The summed E-state index contributed by atoms with van der Waals surface area (Å²) in [6.07, 6.45) is 3.65. The fraction of sp³-hybridized carbons (Fsp3) is 0.923. The van der Waals surface area contributed by atoms with E-state index in [2.05, 4.69) is 19.2 Å². The van der Waals surface area contributed by atoms with Crippen LogP contribution in [-0.2, 0) is 4.79 Å². The Morgan fingerprint density at radius 3 is 2.83 bits per heavy atom. The maximum atomic E-state index is 12.3. The van der Waals surface area contributed by atoms with Crippen LogP contribution in [0, 0.1) is 5.41 Å². The second kappa shape index (κ2) is 6.22. The highest BCUT2D eigenvalue weighted by Gasteiger charge is 2.36. The molecule has 2 rings (SSSR count). The van der Waals surface area contributed by atoms with Crippen LogP contribution in [0.3, 0.4) is 0 Å². The Morgan fingerprint density at radius 1 is 1.56 bits per heavy atom. The van der Waals surface area contributed by atoms with Crippen LogP contribution in [0.4, 0.5) is 0 Å². The van der Waals surface area contributed by atoms with E-state index in [4.69, 9.17) is 0 Å². The lowest BCUT2D eigenvalue weighted by molar-refractivity contribution is -0.136. The van der Waals surface area contributed by atoms with E-state index in [9.17, 15) is 9.90 Å². The number of nitrogens with zero attached hydrogens (tertiary/aromatic N) is 1. The third-order valence-corrected chi connectivity index (χ3v) is 4.35. The number of hydrogen-bond donors (Lipinski definition) is 2. The summed E-state index contributed by atoms with van der Waals surface area (Å²) in [7, 11) is 0. The van der Waals surface area contributed by atoms with Crippen molar-refractivity contribution in [3.8, 4) is 0 Å². The van der Waals surface area contributed by atoms with Crippen molar-refractivity contribution >= 4 is 18.3 Å². The number of aliphatic hydroxyl groups excluding tert-OH is 1. The first-order valence-electron chi connectivity index (χ1n) is 6.74. The van der Waals surface area contributed by atoms with Crippen molar-refractivity contribution in [2.75, 3.05) is 19.6 Å². The summed E-state index contributed by atoms with van der Waals surface area (Å²) >= 11 is 0. The highest BCUT2D eigenvalue weighted by atomic mass is 35.5. The van der Waals surface area contributed by atoms with Crippen molar-refractivity contribution in [3.05, 3.63) is 0 Å². The zero-order valence-corrected chi connectivity index (χ0v) is 12.1. The Balaban J connectivity index is 0.00000162. The van der Waals surface area contributed by atoms with Crippen LogP contribution in [0.1, 0.15) is 39.5 Å². The topological polar surface area (TPSA) is 52.6 Å². The number of amides is 1. The molecule has 0 aliphatic carbocycles. The SMILES string of the molecule is CCC1(C)CCCN(C(=O)C2CC(O)CN2)C1.Cl. The van der Waals surface area contributed by atoms with Gasteiger partial charge in [0.25, 0.3) is 0 Å². The van der Waals surface area contributed by atoms with Crippen molar-refractivity contribution in [3.63, 3.8) is 0 Å². The molecule has 0 aromatic rings. The molecular formula is C13H25ClN2O2. The number of β-amino-alcohol motifs (C(OH)–C–C–N with tert-alkyl or cyclic N) is 1. The molecule has 2 N–H and O–H groups in total. The summed E-state index contributed by atoms with van der Waals surface area (Å²) in [5, 5.41) is 12.6. The molecule has 0 radical (unpaired) electrons. The Hall–Kier alpha value is -0.320. The highest BCUT2D eigenvalue weighted by molar-refractivity contribution is 5.85. The molecule has 4 nitrogen and oxygen atoms in total. The third kappa shape index (κ3) is 3.37. The monoisotopic (exact) mass is 276 g/mol. The van der Waals surface area contributed by atoms with E-state index in [-0.39, 0.29) is 35.9 Å². The molecule has 2 fully saturated rings. The quantitative estimate of drug-likeness (QED) is 0.796. The van der Waals surface area contributed by atoms with Gasteiger partial charge in [0.2, 0.25) is 5.91 Å². The minimum atomic E-state index is -0.355. The molecular weight excluding hydrogens is 252 g/mol. The molecule has 2 saturated heterocycles. The average molecular weight is 277 g/mol. The molecule has 0 saturated carbocycles. The molecule has 3 unspecified atom stereocenters. The molecule has 1 amide bonds. The predicted octanol–water partition coefficient (Wildman–Crippen LogP) is 1.17. The first-order chi connectivity index (χ1) is 8.04. The molecule has 106 valence electrons. The van der Waals surface area contributed by atoms with Gasteiger partial charge in [-0.15, -0.1) is 12.4 Å². The molecule has 2 heterocycles. The zero-order valence-electron chi connectivity index (χ0n) is 11.3. The lowest BCUT2D eigenvalue weighted by Crippen LogP contribution is -2.50. The van der Waals surface area contributed by atoms with Crippen molar-refractivity contribution in [2.24, 2.45) is 5.41 Å². The molecule has 2 aliphatic heterocycles. The molecule has 0 bridgehead atoms. The Morgan fingerprint density at radius 2 is 2.28 bits per heavy atom. The van der Waals surface area contributed by atoms with Gasteiger partial charge in [0.1, 0.15) is 0 Å². The summed E-state index contributed by atoms with van der Waals surface area (Å²) in [5.41, 5.74) is 0.283. The summed E-state index contributed by atoms with van der Waals surface area (Å²) in [5.74, 6) is 0.181. The Labute approximate surface area is 116 Å². The number of rotatable bonds is 2. The molecule has 0 spiro atoms. The van der Waals surface area contributed by atoms with E-state index in [1.54, 1.807) is 0 Å². The largest absolute Gasteiger partial charge is 0.392 e. The van der Waals surface area contributed by atoms with Gasteiger partial charge in [0.15, 0.2) is 0 Å². The minimum Gasteiger partial charge on any atom is -0.392 e. The first-order valence-corrected chi connectivity index (χ1v) is 6.74. The van der Waals surface area contributed by atoms with Crippen LogP contribution in [0.15, 0.2) is 0 Å². The number of nitrogens with one attached hydrogen (secondary N) is 1. The number of piperidine rings is 1. The standard InChI is InChI=1S/C13H24N2O2.ClH/c1-3-13(2)5-4-6-15(9-13)12(17)11-7-10(16)8-14-11;/h10-11,14,16H,3-9H2,1-2H3;1H. The highest BCUT2D eigenvalue weighted by Crippen LogP contribution is 2.33. The van der Waals surface area contributed by atoms with Crippen molar-refractivity contribution in [1.29, 1.82) is 0 Å². The second-order valence-corrected chi connectivity index (χ2v) is 5.88. The van der Waals surface area contributed by atoms with Gasteiger partial charge in [0, 0.05) is 19.6 Å². The molecule has 5 heteroatoms. The number of halogens is 1. The van der Waals surface area contributed by atoms with Gasteiger partial charge in [-0.25, -0.2) is 0 Å². The van der Waals surface area contributed by atoms with E-state index >= 15 is 0 Å². The van der Waals surface area contributed by atoms with Crippen LogP contribution in [0.5, 0.6) is 0 Å². The maximum Gasteiger partial charge on any atom is 0.239 e. The van der Waals surface area contributed by atoms with Gasteiger partial charge in [-0.3, -0.25) is 4.79 Å². The fourth-order valence-electron chi connectivity index (χ4n) is 2.92. The Bertz CT molecular complexity index is 301.